The van der Waals surface area contributed by atoms with E-state index in [1.54, 1.807) is 7.11 Å². The number of methoxy groups -OCH3 is 1. The van der Waals surface area contributed by atoms with Crippen LogP contribution in [-0.4, -0.2) is 24.9 Å². The summed E-state index contributed by atoms with van der Waals surface area (Å²) in [5, 5.41) is -0.324. The van der Waals surface area contributed by atoms with Crippen LogP contribution in [0.2, 0.25) is 0 Å². The maximum Gasteiger partial charge on any atom is 0.147 e. The first-order valence-corrected chi connectivity index (χ1v) is 3.75. The third kappa shape index (κ3) is 4.77. The molecular weight excluding hydrogens is 152 g/mol. The number of hydrogen-bond donors (Lipinski definition) is 0. The first-order valence-electron chi connectivity index (χ1n) is 3.32. The van der Waals surface area contributed by atoms with Crippen molar-refractivity contribution >= 4 is 17.4 Å². The summed E-state index contributed by atoms with van der Waals surface area (Å²) in [6.07, 6.45) is 1.56. The van der Waals surface area contributed by atoms with Gasteiger partial charge in [0.15, 0.2) is 0 Å². The Morgan fingerprint density at radius 1 is 1.70 bits per heavy atom. The maximum absolute atomic E-state index is 10.6. The predicted octanol–water partition coefficient (Wildman–Crippen LogP) is 1.61. The lowest BCUT2D eigenvalue weighted by Crippen LogP contribution is -2.10. The lowest BCUT2D eigenvalue weighted by Gasteiger charge is -2.02. The molecule has 0 spiro atoms. The molecular formula is C7H13ClO2. The molecule has 0 aliphatic carbocycles. The number of halogens is 1. The van der Waals surface area contributed by atoms with E-state index < -0.39 is 0 Å². The van der Waals surface area contributed by atoms with Crippen LogP contribution in [0.3, 0.4) is 0 Å². The molecule has 0 saturated carbocycles. The molecule has 10 heavy (non-hydrogen) atoms. The second-order valence-corrected chi connectivity index (χ2v) is 2.74. The van der Waals surface area contributed by atoms with Crippen LogP contribution >= 0.6 is 11.6 Å². The minimum atomic E-state index is -0.324. The van der Waals surface area contributed by atoms with Crippen molar-refractivity contribution in [2.24, 2.45) is 0 Å². The molecule has 0 aliphatic rings. The summed E-state index contributed by atoms with van der Waals surface area (Å²) < 4.78 is 4.80. The van der Waals surface area contributed by atoms with E-state index in [-0.39, 0.29) is 11.2 Å². The summed E-state index contributed by atoms with van der Waals surface area (Å²) in [5.74, 6) is 0.0396. The van der Waals surface area contributed by atoms with Crippen molar-refractivity contribution in [2.45, 2.75) is 25.1 Å². The molecule has 1 unspecified atom stereocenters. The summed E-state index contributed by atoms with van der Waals surface area (Å²) in [6.45, 7) is 2.18. The number of ether oxygens (including phenoxy) is 1. The standard InChI is InChI=1S/C7H13ClO2/c1-6(9)7(8)4-3-5-10-2/h7H,3-5H2,1-2H3. The smallest absolute Gasteiger partial charge is 0.147 e. The third-order valence-electron chi connectivity index (χ3n) is 1.25. The Labute approximate surface area is 66.5 Å². The van der Waals surface area contributed by atoms with Gasteiger partial charge in [-0.25, -0.2) is 0 Å². The summed E-state index contributed by atoms with van der Waals surface area (Å²) in [6, 6.07) is 0. The molecule has 0 N–H and O–H groups in total. The Hall–Kier alpha value is -0.0800. The number of Topliss-reactive ketones (excluding diaryl/α,β-unsaturated/α-hetero) is 1. The zero-order valence-electron chi connectivity index (χ0n) is 6.39. The summed E-state index contributed by atoms with van der Waals surface area (Å²) >= 11 is 5.65. The Bertz CT molecular complexity index is 104. The summed E-state index contributed by atoms with van der Waals surface area (Å²) in [4.78, 5) is 10.6. The Balaban J connectivity index is 3.21. The molecule has 0 radical (unpaired) electrons. The average molecular weight is 165 g/mol. The van der Waals surface area contributed by atoms with E-state index in [2.05, 4.69) is 0 Å². The predicted molar refractivity (Wildman–Crippen MR) is 41.4 cm³/mol. The normalized spacial score (nSPS) is 13.1. The van der Waals surface area contributed by atoms with Gasteiger partial charge in [0.1, 0.15) is 5.78 Å². The van der Waals surface area contributed by atoms with Crippen LogP contribution in [0.1, 0.15) is 19.8 Å². The first-order chi connectivity index (χ1) is 4.68. The zero-order valence-corrected chi connectivity index (χ0v) is 7.15. The molecule has 3 heteroatoms. The molecule has 0 aromatic heterocycles. The van der Waals surface area contributed by atoms with Gasteiger partial charge < -0.3 is 4.74 Å². The fourth-order valence-corrected chi connectivity index (χ4v) is 0.764. The van der Waals surface area contributed by atoms with Gasteiger partial charge >= 0.3 is 0 Å². The van der Waals surface area contributed by atoms with Crippen molar-refractivity contribution in [3.63, 3.8) is 0 Å². The van der Waals surface area contributed by atoms with Gasteiger partial charge in [0.05, 0.1) is 5.38 Å². The van der Waals surface area contributed by atoms with Gasteiger partial charge in [-0.2, -0.15) is 0 Å². The van der Waals surface area contributed by atoms with E-state index in [4.69, 9.17) is 16.3 Å². The van der Waals surface area contributed by atoms with Crippen LogP contribution in [0.4, 0.5) is 0 Å². The third-order valence-corrected chi connectivity index (χ3v) is 1.77. The fourth-order valence-electron chi connectivity index (χ4n) is 0.610. The van der Waals surface area contributed by atoms with Crippen LogP contribution < -0.4 is 0 Å². The molecule has 0 heterocycles. The Morgan fingerprint density at radius 3 is 2.70 bits per heavy atom. The highest BCUT2D eigenvalue weighted by Crippen LogP contribution is 2.05. The van der Waals surface area contributed by atoms with Crippen molar-refractivity contribution in [3.05, 3.63) is 0 Å². The van der Waals surface area contributed by atoms with Gasteiger partial charge in [-0.05, 0) is 19.8 Å². The Kier molecular flexibility index (Phi) is 5.64. The van der Waals surface area contributed by atoms with Crippen LogP contribution in [-0.2, 0) is 9.53 Å². The van der Waals surface area contributed by atoms with Crippen LogP contribution in [0, 0.1) is 0 Å². The van der Waals surface area contributed by atoms with Gasteiger partial charge in [0.25, 0.3) is 0 Å². The Morgan fingerprint density at radius 2 is 2.30 bits per heavy atom. The van der Waals surface area contributed by atoms with Crippen molar-refractivity contribution in [2.75, 3.05) is 13.7 Å². The highest BCUT2D eigenvalue weighted by molar-refractivity contribution is 6.30. The molecule has 2 nitrogen and oxygen atoms in total. The lowest BCUT2D eigenvalue weighted by atomic mass is 10.2. The van der Waals surface area contributed by atoms with Gasteiger partial charge in [-0.1, -0.05) is 0 Å². The van der Waals surface area contributed by atoms with Crippen LogP contribution in [0.25, 0.3) is 0 Å². The number of alkyl halides is 1. The highest BCUT2D eigenvalue weighted by Gasteiger charge is 2.08. The van der Waals surface area contributed by atoms with E-state index in [0.717, 1.165) is 6.42 Å². The number of rotatable bonds is 5. The van der Waals surface area contributed by atoms with E-state index in [1.165, 1.54) is 6.92 Å². The number of carbonyl (C=O) groups excluding carboxylic acids is 1. The molecule has 0 aromatic rings. The molecule has 0 amide bonds. The minimum absolute atomic E-state index is 0.0396. The minimum Gasteiger partial charge on any atom is -0.385 e. The maximum atomic E-state index is 10.6. The van der Waals surface area contributed by atoms with E-state index in [9.17, 15) is 4.79 Å². The van der Waals surface area contributed by atoms with E-state index >= 15 is 0 Å². The zero-order chi connectivity index (χ0) is 7.98. The topological polar surface area (TPSA) is 26.3 Å². The molecule has 1 atom stereocenters. The summed E-state index contributed by atoms with van der Waals surface area (Å²) in [7, 11) is 1.64. The van der Waals surface area contributed by atoms with E-state index in [0.29, 0.717) is 13.0 Å². The number of hydrogen-bond acceptors (Lipinski definition) is 2. The number of ketones is 1. The van der Waals surface area contributed by atoms with Crippen molar-refractivity contribution in [1.82, 2.24) is 0 Å². The first kappa shape index (κ1) is 9.92. The molecule has 60 valence electrons. The van der Waals surface area contributed by atoms with E-state index in [1.807, 2.05) is 0 Å². The van der Waals surface area contributed by atoms with Gasteiger partial charge in [0.2, 0.25) is 0 Å². The molecule has 0 saturated heterocycles. The largest absolute Gasteiger partial charge is 0.385 e. The second-order valence-electron chi connectivity index (χ2n) is 2.21. The van der Waals surface area contributed by atoms with Crippen molar-refractivity contribution in [1.29, 1.82) is 0 Å². The van der Waals surface area contributed by atoms with Crippen molar-refractivity contribution < 1.29 is 9.53 Å². The molecule has 0 aromatic carbocycles. The number of carbonyl (C=O) groups is 1. The monoisotopic (exact) mass is 164 g/mol. The molecule has 0 bridgehead atoms. The molecule has 0 aliphatic heterocycles. The van der Waals surface area contributed by atoms with Gasteiger partial charge in [-0.15, -0.1) is 11.6 Å². The summed E-state index contributed by atoms with van der Waals surface area (Å²) in [5.41, 5.74) is 0. The molecule has 0 fully saturated rings. The van der Waals surface area contributed by atoms with Gasteiger partial charge in [-0.3, -0.25) is 4.79 Å². The second kappa shape index (κ2) is 5.69. The molecule has 0 rings (SSSR count). The average Bonchev–Trinajstić information content (AvgIpc) is 1.88. The van der Waals surface area contributed by atoms with Crippen LogP contribution in [0.15, 0.2) is 0 Å². The SMILES string of the molecule is COCCCC(Cl)C(C)=O. The van der Waals surface area contributed by atoms with Crippen LogP contribution in [0.5, 0.6) is 0 Å². The lowest BCUT2D eigenvalue weighted by molar-refractivity contribution is -0.116. The van der Waals surface area contributed by atoms with Crippen molar-refractivity contribution in [3.8, 4) is 0 Å². The quantitative estimate of drug-likeness (QED) is 0.456. The van der Waals surface area contributed by atoms with Gasteiger partial charge in [0, 0.05) is 13.7 Å². The fraction of sp³-hybridized carbons (Fsp3) is 0.857. The highest BCUT2D eigenvalue weighted by atomic mass is 35.5.